The molecule has 4 rings (SSSR count). The van der Waals surface area contributed by atoms with Gasteiger partial charge in [0.1, 0.15) is 17.5 Å². The fourth-order valence-electron chi connectivity index (χ4n) is 4.15. The zero-order valence-corrected chi connectivity index (χ0v) is 19.3. The summed E-state index contributed by atoms with van der Waals surface area (Å²) < 4.78 is 11.4. The van der Waals surface area contributed by atoms with Crippen LogP contribution < -0.4 is 0 Å². The number of carbonyl (C=O) groups excluding carboxylic acids is 2. The third-order valence-corrected chi connectivity index (χ3v) is 7.74. The number of carbonyl (C=O) groups is 2. The number of amidine groups is 1. The van der Waals surface area contributed by atoms with Crippen molar-refractivity contribution in [3.8, 4) is 0 Å². The molecule has 2 fully saturated rings. The Hall–Kier alpha value is -1.64. The molecule has 4 aliphatic rings. The molecule has 0 radical (unpaired) electrons. The van der Waals surface area contributed by atoms with Gasteiger partial charge in [0.25, 0.3) is 5.91 Å². The van der Waals surface area contributed by atoms with Crippen molar-refractivity contribution in [3.63, 3.8) is 0 Å². The van der Waals surface area contributed by atoms with Gasteiger partial charge in [0.2, 0.25) is 5.91 Å². The first-order valence-electron chi connectivity index (χ1n) is 10.9. The van der Waals surface area contributed by atoms with Gasteiger partial charge in [-0.05, 0) is 37.7 Å². The maximum Gasteiger partial charge on any atom is 0.261 e. The largest absolute Gasteiger partial charge is 0.493 e. The van der Waals surface area contributed by atoms with E-state index in [-0.39, 0.29) is 11.8 Å². The van der Waals surface area contributed by atoms with Crippen LogP contribution in [0.15, 0.2) is 32.9 Å². The van der Waals surface area contributed by atoms with Crippen molar-refractivity contribution in [3.05, 3.63) is 22.9 Å². The summed E-state index contributed by atoms with van der Waals surface area (Å²) in [5.41, 5.74) is 0.608. The van der Waals surface area contributed by atoms with Gasteiger partial charge >= 0.3 is 0 Å². The highest BCUT2D eigenvalue weighted by molar-refractivity contribution is 8.00. The normalized spacial score (nSPS) is 25.3. The summed E-state index contributed by atoms with van der Waals surface area (Å²) in [7, 11) is 0. The Balaban J connectivity index is 1.35. The molecule has 0 aromatic heterocycles. The highest BCUT2D eigenvalue weighted by Crippen LogP contribution is 2.31. The Labute approximate surface area is 192 Å². The van der Waals surface area contributed by atoms with E-state index < -0.39 is 5.92 Å². The minimum atomic E-state index is -0.621. The van der Waals surface area contributed by atoms with Crippen LogP contribution in [0.4, 0.5) is 0 Å². The molecule has 7 nitrogen and oxygen atoms in total. The van der Waals surface area contributed by atoms with E-state index in [1.807, 2.05) is 11.0 Å². The van der Waals surface area contributed by atoms with Gasteiger partial charge in [0, 0.05) is 49.6 Å². The lowest BCUT2D eigenvalue weighted by Gasteiger charge is -2.31. The molecule has 0 aromatic rings. The van der Waals surface area contributed by atoms with E-state index >= 15 is 0 Å². The Morgan fingerprint density at radius 3 is 2.68 bits per heavy atom. The van der Waals surface area contributed by atoms with E-state index in [0.29, 0.717) is 45.9 Å². The molecule has 0 bridgehead atoms. The number of hydrogen-bond donors (Lipinski definition) is 0. The molecule has 3 heterocycles. The second kappa shape index (κ2) is 10.3. The zero-order valence-electron chi connectivity index (χ0n) is 17.7. The van der Waals surface area contributed by atoms with Crippen LogP contribution in [0.25, 0.3) is 0 Å². The Kier molecular flexibility index (Phi) is 7.51. The standard InChI is InChI=1S/C22H28ClN3O4S/c1-14(27)26-6-2-15(3-7-26)12-30-16-10-18(23)21-19(11-16)24-20(25-22(21)28)13-31-17-4-8-29-9-5-17/h10-11,15,17,21H,2-9,12-13H2,1H3. The lowest BCUT2D eigenvalue weighted by molar-refractivity contribution is -0.130. The van der Waals surface area contributed by atoms with Gasteiger partial charge in [-0.3, -0.25) is 9.59 Å². The molecule has 168 valence electrons. The second-order valence-corrected chi connectivity index (χ2v) is 10.0. The summed E-state index contributed by atoms with van der Waals surface area (Å²) in [6.45, 7) is 5.29. The van der Waals surface area contributed by atoms with E-state index in [0.717, 1.165) is 52.0 Å². The lowest BCUT2D eigenvalue weighted by atomic mass is 9.95. The number of aliphatic imine (C=N–C) groups is 2. The molecule has 0 N–H and O–H groups in total. The molecule has 1 atom stereocenters. The number of amides is 2. The summed E-state index contributed by atoms with van der Waals surface area (Å²) in [6, 6.07) is 0. The third-order valence-electron chi connectivity index (χ3n) is 6.05. The van der Waals surface area contributed by atoms with Crippen molar-refractivity contribution >= 4 is 46.7 Å². The molecule has 3 aliphatic heterocycles. The Morgan fingerprint density at radius 1 is 1.23 bits per heavy atom. The molecule has 2 saturated heterocycles. The number of fused-ring (bicyclic) bond motifs is 1. The molecule has 2 amide bonds. The van der Waals surface area contributed by atoms with Crippen LogP contribution >= 0.6 is 23.4 Å². The monoisotopic (exact) mass is 465 g/mol. The number of piperidine rings is 1. The van der Waals surface area contributed by atoms with Crippen LogP contribution in [-0.4, -0.2) is 72.2 Å². The number of rotatable bonds is 6. The fourth-order valence-corrected chi connectivity index (χ4v) is 5.50. The summed E-state index contributed by atoms with van der Waals surface area (Å²) >= 11 is 8.19. The third kappa shape index (κ3) is 5.79. The Bertz CT molecular complexity index is 840. The topological polar surface area (TPSA) is 80.6 Å². The predicted octanol–water partition coefficient (Wildman–Crippen LogP) is 3.19. The van der Waals surface area contributed by atoms with Crippen molar-refractivity contribution in [1.29, 1.82) is 0 Å². The van der Waals surface area contributed by atoms with Crippen LogP contribution in [0.3, 0.4) is 0 Å². The molecule has 1 aliphatic carbocycles. The SMILES string of the molecule is CC(=O)N1CCC(COC2=CC3=NC(CSC4CCOCC4)=NC(=O)C3C(Cl)=C2)CC1. The average Bonchev–Trinajstić information content (AvgIpc) is 2.77. The summed E-state index contributed by atoms with van der Waals surface area (Å²) in [6.07, 6.45) is 7.39. The van der Waals surface area contributed by atoms with Crippen molar-refractivity contribution in [2.45, 2.75) is 37.9 Å². The van der Waals surface area contributed by atoms with Crippen LogP contribution in [0.1, 0.15) is 32.6 Å². The van der Waals surface area contributed by atoms with E-state index in [2.05, 4.69) is 9.98 Å². The number of ether oxygens (including phenoxy) is 2. The van der Waals surface area contributed by atoms with Crippen LogP contribution in [-0.2, 0) is 19.1 Å². The first kappa shape index (κ1) is 22.6. The minimum absolute atomic E-state index is 0.127. The molecular formula is C22H28ClN3O4S. The molecule has 31 heavy (non-hydrogen) atoms. The average molecular weight is 466 g/mol. The second-order valence-electron chi connectivity index (χ2n) is 8.30. The van der Waals surface area contributed by atoms with Gasteiger partial charge in [-0.15, -0.1) is 0 Å². The van der Waals surface area contributed by atoms with E-state index in [1.54, 1.807) is 24.8 Å². The van der Waals surface area contributed by atoms with E-state index in [1.165, 1.54) is 0 Å². The highest BCUT2D eigenvalue weighted by atomic mass is 35.5. The van der Waals surface area contributed by atoms with Gasteiger partial charge in [-0.25, -0.2) is 4.99 Å². The summed E-state index contributed by atoms with van der Waals surface area (Å²) in [5.74, 6) is 1.41. The minimum Gasteiger partial charge on any atom is -0.493 e. The number of nitrogens with zero attached hydrogens (tertiary/aromatic N) is 3. The van der Waals surface area contributed by atoms with Crippen LogP contribution in [0.2, 0.25) is 0 Å². The molecule has 0 spiro atoms. The van der Waals surface area contributed by atoms with Crippen molar-refractivity contribution in [2.75, 3.05) is 38.7 Å². The van der Waals surface area contributed by atoms with Gasteiger partial charge in [0.05, 0.1) is 18.1 Å². The van der Waals surface area contributed by atoms with Gasteiger partial charge in [-0.1, -0.05) is 11.6 Å². The number of hydrogen-bond acceptors (Lipinski definition) is 6. The molecule has 0 saturated carbocycles. The number of allylic oxidation sites excluding steroid dienone is 2. The maximum absolute atomic E-state index is 12.6. The first-order chi connectivity index (χ1) is 15.0. The smallest absolute Gasteiger partial charge is 0.261 e. The quantitative estimate of drug-likeness (QED) is 0.601. The molecule has 9 heteroatoms. The highest BCUT2D eigenvalue weighted by Gasteiger charge is 2.34. The number of halogens is 1. The van der Waals surface area contributed by atoms with Crippen molar-refractivity contribution < 1.29 is 19.1 Å². The van der Waals surface area contributed by atoms with Gasteiger partial charge in [-0.2, -0.15) is 16.8 Å². The Morgan fingerprint density at radius 2 is 1.97 bits per heavy atom. The van der Waals surface area contributed by atoms with Crippen molar-refractivity contribution in [2.24, 2.45) is 21.8 Å². The van der Waals surface area contributed by atoms with E-state index in [9.17, 15) is 9.59 Å². The predicted molar refractivity (Wildman–Crippen MR) is 123 cm³/mol. The fraction of sp³-hybridized carbons (Fsp3) is 0.636. The summed E-state index contributed by atoms with van der Waals surface area (Å²) in [5, 5.41) is 0.913. The maximum atomic E-state index is 12.6. The van der Waals surface area contributed by atoms with E-state index in [4.69, 9.17) is 21.1 Å². The molecule has 1 unspecified atom stereocenters. The zero-order chi connectivity index (χ0) is 21.8. The number of thioether (sulfide) groups is 1. The number of likely N-dealkylation sites (tertiary alicyclic amines) is 1. The molecule has 0 aromatic carbocycles. The lowest BCUT2D eigenvalue weighted by Crippen LogP contribution is -2.38. The van der Waals surface area contributed by atoms with Crippen molar-refractivity contribution in [1.82, 2.24) is 4.90 Å². The van der Waals surface area contributed by atoms with Crippen LogP contribution in [0.5, 0.6) is 0 Å². The summed E-state index contributed by atoms with van der Waals surface area (Å²) in [4.78, 5) is 34.7. The van der Waals surface area contributed by atoms with Gasteiger partial charge in [0.15, 0.2) is 0 Å². The van der Waals surface area contributed by atoms with Gasteiger partial charge < -0.3 is 14.4 Å². The van der Waals surface area contributed by atoms with Crippen LogP contribution in [0, 0.1) is 11.8 Å². The first-order valence-corrected chi connectivity index (χ1v) is 12.3. The molecular weight excluding hydrogens is 438 g/mol.